The fourth-order valence-electron chi connectivity index (χ4n) is 2.57. The van der Waals surface area contributed by atoms with Crippen LogP contribution in [0.15, 0.2) is 40.2 Å². The molecular formula is C17H9Cl2F2N3O3S. The summed E-state index contributed by atoms with van der Waals surface area (Å²) in [5, 5.41) is 8.30. The van der Waals surface area contributed by atoms with Gasteiger partial charge in [0.05, 0.1) is 33.6 Å². The van der Waals surface area contributed by atoms with E-state index in [9.17, 15) is 22.0 Å². The van der Waals surface area contributed by atoms with Crippen LogP contribution in [0.5, 0.6) is 0 Å². The molecule has 0 saturated heterocycles. The topological polar surface area (TPSA) is 103 Å². The average Bonchev–Trinajstić information content (AvgIpc) is 2.62. The van der Waals surface area contributed by atoms with Crippen molar-refractivity contribution in [2.75, 3.05) is 4.72 Å². The first-order valence-electron chi connectivity index (χ1n) is 7.53. The summed E-state index contributed by atoms with van der Waals surface area (Å²) >= 11 is 11.9. The lowest BCUT2D eigenvalue weighted by atomic mass is 10.1. The van der Waals surface area contributed by atoms with Crippen molar-refractivity contribution in [1.82, 2.24) is 4.98 Å². The molecule has 28 heavy (non-hydrogen) atoms. The highest BCUT2D eigenvalue weighted by atomic mass is 35.5. The molecule has 144 valence electrons. The van der Waals surface area contributed by atoms with E-state index in [1.54, 1.807) is 6.07 Å². The van der Waals surface area contributed by atoms with Crippen molar-refractivity contribution in [3.05, 3.63) is 68.1 Å². The zero-order chi connectivity index (χ0) is 20.6. The van der Waals surface area contributed by atoms with E-state index in [1.165, 1.54) is 12.1 Å². The smallest absolute Gasteiger partial charge is 0.264 e. The van der Waals surface area contributed by atoms with Crippen LogP contribution in [0.25, 0.3) is 10.8 Å². The molecule has 11 heteroatoms. The number of pyridine rings is 1. The molecule has 0 fully saturated rings. The number of H-pyrrole nitrogens is 1. The first-order chi connectivity index (χ1) is 13.2. The van der Waals surface area contributed by atoms with Crippen LogP contribution in [-0.2, 0) is 16.4 Å². The Hall–Kier alpha value is -2.67. The number of aromatic amines is 1. The summed E-state index contributed by atoms with van der Waals surface area (Å²) in [6.07, 6.45) is 0.537. The summed E-state index contributed by atoms with van der Waals surface area (Å²) in [5.74, 6) is -2.01. The van der Waals surface area contributed by atoms with Gasteiger partial charge in [-0.25, -0.2) is 17.2 Å². The Morgan fingerprint density at radius 3 is 2.57 bits per heavy atom. The van der Waals surface area contributed by atoms with E-state index < -0.39 is 37.8 Å². The molecule has 1 heterocycles. The molecule has 0 aliphatic carbocycles. The van der Waals surface area contributed by atoms with Crippen LogP contribution in [0.1, 0.15) is 5.56 Å². The van der Waals surface area contributed by atoms with Crippen molar-refractivity contribution < 1.29 is 17.2 Å². The zero-order valence-electron chi connectivity index (χ0n) is 13.7. The number of benzene rings is 2. The summed E-state index contributed by atoms with van der Waals surface area (Å²) in [6, 6.07) is 5.63. The number of halogens is 4. The maximum Gasteiger partial charge on any atom is 0.264 e. The number of hydrogen-bond donors (Lipinski definition) is 2. The largest absolute Gasteiger partial charge is 0.327 e. The van der Waals surface area contributed by atoms with E-state index in [0.29, 0.717) is 6.07 Å². The third-order valence-electron chi connectivity index (χ3n) is 3.86. The molecule has 0 saturated carbocycles. The Kier molecular flexibility index (Phi) is 5.30. The Morgan fingerprint density at radius 1 is 1.18 bits per heavy atom. The molecule has 1 aromatic heterocycles. The van der Waals surface area contributed by atoms with Crippen molar-refractivity contribution in [2.24, 2.45) is 0 Å². The van der Waals surface area contributed by atoms with Crippen LogP contribution >= 0.6 is 23.2 Å². The van der Waals surface area contributed by atoms with E-state index in [0.717, 1.165) is 12.3 Å². The minimum absolute atomic E-state index is 0.0448. The van der Waals surface area contributed by atoms with Crippen molar-refractivity contribution in [3.63, 3.8) is 0 Å². The fraction of sp³-hybridized carbons (Fsp3) is 0.0588. The molecule has 0 spiro atoms. The molecule has 0 radical (unpaired) electrons. The maximum absolute atomic E-state index is 14.2. The number of rotatable bonds is 4. The van der Waals surface area contributed by atoms with E-state index in [2.05, 4.69) is 4.98 Å². The standard InChI is InChI=1S/C17H9Cl2F2N3O3S/c18-10-2-1-9-14(7-23-17(25)15(9)16(10)19)28(26,27)24-13-6-11(20)8(3-4-22)5-12(13)21/h1-2,5-7,24H,3H2,(H,23,25). The number of hydrogen-bond acceptors (Lipinski definition) is 4. The third kappa shape index (κ3) is 3.54. The number of nitrogens with zero attached hydrogens (tertiary/aromatic N) is 1. The molecule has 2 N–H and O–H groups in total. The van der Waals surface area contributed by atoms with Gasteiger partial charge in [0, 0.05) is 23.2 Å². The highest BCUT2D eigenvalue weighted by Crippen LogP contribution is 2.32. The van der Waals surface area contributed by atoms with Crippen molar-refractivity contribution in [1.29, 1.82) is 5.26 Å². The highest BCUT2D eigenvalue weighted by Gasteiger charge is 2.23. The predicted octanol–water partition coefficient (Wildman–Crippen LogP) is 3.98. The van der Waals surface area contributed by atoms with Crippen LogP contribution in [0, 0.1) is 23.0 Å². The van der Waals surface area contributed by atoms with Crippen molar-refractivity contribution in [3.8, 4) is 6.07 Å². The molecule has 0 aliphatic heterocycles. The van der Waals surface area contributed by atoms with E-state index in [4.69, 9.17) is 28.5 Å². The van der Waals surface area contributed by atoms with Crippen LogP contribution in [0.3, 0.4) is 0 Å². The molecule has 3 aromatic rings. The SMILES string of the molecule is N#CCc1cc(F)c(NS(=O)(=O)c2c[nH]c(=O)c3c(Cl)c(Cl)ccc23)cc1F. The zero-order valence-corrected chi connectivity index (χ0v) is 16.0. The Bertz CT molecular complexity index is 1320. The first-order valence-corrected chi connectivity index (χ1v) is 9.76. The molecule has 0 unspecified atom stereocenters. The van der Waals surface area contributed by atoms with Crippen LogP contribution in [0.2, 0.25) is 10.0 Å². The monoisotopic (exact) mass is 443 g/mol. The molecule has 0 bridgehead atoms. The van der Waals surface area contributed by atoms with Gasteiger partial charge in [-0.05, 0) is 12.1 Å². The van der Waals surface area contributed by atoms with Gasteiger partial charge in [0.15, 0.2) is 0 Å². The maximum atomic E-state index is 14.2. The summed E-state index contributed by atoms with van der Waals surface area (Å²) in [7, 11) is -4.44. The molecule has 2 aromatic carbocycles. The summed E-state index contributed by atoms with van der Waals surface area (Å²) in [6.45, 7) is 0. The van der Waals surface area contributed by atoms with E-state index in [1.807, 2.05) is 4.72 Å². The normalized spacial score (nSPS) is 11.4. The highest BCUT2D eigenvalue weighted by molar-refractivity contribution is 7.93. The minimum atomic E-state index is -4.44. The Morgan fingerprint density at radius 2 is 1.89 bits per heavy atom. The number of nitrogens with one attached hydrogen (secondary N) is 2. The number of nitriles is 1. The summed E-state index contributed by atoms with van der Waals surface area (Å²) in [4.78, 5) is 13.9. The second-order valence-electron chi connectivity index (χ2n) is 5.63. The van der Waals surface area contributed by atoms with E-state index >= 15 is 0 Å². The second kappa shape index (κ2) is 7.39. The first kappa shape index (κ1) is 20.1. The van der Waals surface area contributed by atoms with Gasteiger partial charge in [0.2, 0.25) is 0 Å². The minimum Gasteiger partial charge on any atom is -0.327 e. The van der Waals surface area contributed by atoms with E-state index in [-0.39, 0.29) is 32.8 Å². The lowest BCUT2D eigenvalue weighted by molar-refractivity contribution is 0.589. The lowest BCUT2D eigenvalue weighted by Gasteiger charge is -2.12. The van der Waals surface area contributed by atoms with Gasteiger partial charge in [-0.15, -0.1) is 0 Å². The third-order valence-corrected chi connectivity index (χ3v) is 6.07. The van der Waals surface area contributed by atoms with Crippen LogP contribution < -0.4 is 10.3 Å². The molecule has 0 amide bonds. The van der Waals surface area contributed by atoms with Crippen molar-refractivity contribution >= 4 is 49.7 Å². The van der Waals surface area contributed by atoms with Gasteiger partial charge in [0.1, 0.15) is 16.5 Å². The molecule has 0 atom stereocenters. The number of anilines is 1. The quantitative estimate of drug-likeness (QED) is 0.636. The fourth-order valence-corrected chi connectivity index (χ4v) is 4.21. The second-order valence-corrected chi connectivity index (χ2v) is 8.07. The molecule has 6 nitrogen and oxygen atoms in total. The van der Waals surface area contributed by atoms with Gasteiger partial charge in [-0.3, -0.25) is 9.52 Å². The van der Waals surface area contributed by atoms with Crippen LogP contribution in [-0.4, -0.2) is 13.4 Å². The molecule has 3 rings (SSSR count). The summed E-state index contributed by atoms with van der Waals surface area (Å²) < 4.78 is 55.6. The van der Waals surface area contributed by atoms with Crippen LogP contribution in [0.4, 0.5) is 14.5 Å². The lowest BCUT2D eigenvalue weighted by Crippen LogP contribution is -2.18. The van der Waals surface area contributed by atoms with Gasteiger partial charge in [-0.2, -0.15) is 5.26 Å². The van der Waals surface area contributed by atoms with Gasteiger partial charge < -0.3 is 4.98 Å². The Labute approximate surface area is 167 Å². The van der Waals surface area contributed by atoms with Gasteiger partial charge >= 0.3 is 0 Å². The summed E-state index contributed by atoms with van der Waals surface area (Å²) in [5.41, 5.74) is -1.53. The number of sulfonamides is 1. The van der Waals surface area contributed by atoms with Crippen molar-refractivity contribution in [2.45, 2.75) is 11.3 Å². The van der Waals surface area contributed by atoms with Gasteiger partial charge in [0.25, 0.3) is 15.6 Å². The Balaban J connectivity index is 2.14. The predicted molar refractivity (Wildman–Crippen MR) is 101 cm³/mol. The number of fused-ring (bicyclic) bond motifs is 1. The molecule has 0 aliphatic rings. The van der Waals surface area contributed by atoms with Gasteiger partial charge in [-0.1, -0.05) is 29.3 Å². The average molecular weight is 444 g/mol. The number of aromatic nitrogens is 1. The molecular weight excluding hydrogens is 435 g/mol.